The predicted molar refractivity (Wildman–Crippen MR) is 63.9 cm³/mol. The first-order valence-corrected chi connectivity index (χ1v) is 6.32. The zero-order chi connectivity index (χ0) is 15.4. The third-order valence-electron chi connectivity index (χ3n) is 3.03. The average Bonchev–Trinajstić information content (AvgIpc) is 3.04. The molecule has 1 aromatic heterocycles. The lowest BCUT2D eigenvalue weighted by atomic mass is 10.2. The van der Waals surface area contributed by atoms with E-state index in [0.717, 1.165) is 12.8 Å². The van der Waals surface area contributed by atoms with E-state index in [1.165, 1.54) is 0 Å². The summed E-state index contributed by atoms with van der Waals surface area (Å²) in [6, 6.07) is 0. The predicted octanol–water partition coefficient (Wildman–Crippen LogP) is 0.209. The molecule has 0 aliphatic carbocycles. The van der Waals surface area contributed by atoms with E-state index in [9.17, 15) is 18.4 Å². The van der Waals surface area contributed by atoms with Crippen molar-refractivity contribution in [3.8, 4) is 0 Å². The number of nitrogens with zero attached hydrogens (tertiary/aromatic N) is 3. The highest BCUT2D eigenvalue weighted by Gasteiger charge is 2.27. The van der Waals surface area contributed by atoms with Crippen molar-refractivity contribution in [3.63, 3.8) is 0 Å². The Kier molecular flexibility index (Phi) is 4.78. The fourth-order valence-corrected chi connectivity index (χ4v) is 2.03. The maximum Gasteiger partial charge on any atom is 0.358 e. The number of carbonyl (C=O) groups is 2. The van der Waals surface area contributed by atoms with Crippen LogP contribution in [0.15, 0.2) is 0 Å². The molecule has 1 aliphatic rings. The number of halogens is 2. The van der Waals surface area contributed by atoms with Gasteiger partial charge in [-0.25, -0.2) is 18.3 Å². The van der Waals surface area contributed by atoms with E-state index < -0.39 is 36.2 Å². The summed E-state index contributed by atoms with van der Waals surface area (Å²) in [6.07, 6.45) is -1.41. The summed E-state index contributed by atoms with van der Waals surface area (Å²) in [5, 5.41) is 17.7. The van der Waals surface area contributed by atoms with Gasteiger partial charge in [0.2, 0.25) is 5.91 Å². The number of ether oxygens (including phenoxy) is 1. The van der Waals surface area contributed by atoms with Crippen molar-refractivity contribution in [3.05, 3.63) is 11.4 Å². The first kappa shape index (κ1) is 15.3. The smallest absolute Gasteiger partial charge is 0.358 e. The minimum Gasteiger partial charge on any atom is -0.476 e. The average molecular weight is 304 g/mol. The second-order valence-corrected chi connectivity index (χ2v) is 4.53. The first-order chi connectivity index (χ1) is 9.99. The summed E-state index contributed by atoms with van der Waals surface area (Å²) in [6.45, 7) is 0.400. The number of carbonyl (C=O) groups excluding carboxylic acids is 1. The van der Waals surface area contributed by atoms with Crippen molar-refractivity contribution < 1.29 is 28.2 Å². The molecule has 1 fully saturated rings. The molecule has 10 heteroatoms. The van der Waals surface area contributed by atoms with Crippen LogP contribution in [0.25, 0.3) is 0 Å². The van der Waals surface area contributed by atoms with Crippen molar-refractivity contribution in [2.24, 2.45) is 0 Å². The van der Waals surface area contributed by atoms with Crippen molar-refractivity contribution in [2.45, 2.75) is 31.9 Å². The zero-order valence-electron chi connectivity index (χ0n) is 11.0. The van der Waals surface area contributed by atoms with Gasteiger partial charge in [0.05, 0.1) is 6.10 Å². The van der Waals surface area contributed by atoms with Crippen LogP contribution in [0.3, 0.4) is 0 Å². The minimum absolute atomic E-state index is 0.0751. The van der Waals surface area contributed by atoms with Gasteiger partial charge >= 0.3 is 5.97 Å². The summed E-state index contributed by atoms with van der Waals surface area (Å²) >= 11 is 0. The molecule has 8 nitrogen and oxygen atoms in total. The van der Waals surface area contributed by atoms with Crippen molar-refractivity contribution in [1.82, 2.24) is 20.3 Å². The molecule has 116 valence electrons. The Morgan fingerprint density at radius 3 is 2.86 bits per heavy atom. The Labute approximate surface area is 118 Å². The van der Waals surface area contributed by atoms with Crippen molar-refractivity contribution in [1.29, 1.82) is 0 Å². The molecule has 0 spiro atoms. The summed E-state index contributed by atoms with van der Waals surface area (Å²) in [5.41, 5.74) is -1.73. The number of hydrogen-bond acceptors (Lipinski definition) is 5. The van der Waals surface area contributed by atoms with E-state index in [4.69, 9.17) is 9.84 Å². The van der Waals surface area contributed by atoms with Gasteiger partial charge in [-0.05, 0) is 12.8 Å². The summed E-state index contributed by atoms with van der Waals surface area (Å²) in [7, 11) is 0. The van der Waals surface area contributed by atoms with Gasteiger partial charge in [0, 0.05) is 13.2 Å². The van der Waals surface area contributed by atoms with E-state index in [2.05, 4.69) is 15.6 Å². The van der Waals surface area contributed by atoms with E-state index in [1.54, 1.807) is 0 Å². The summed E-state index contributed by atoms with van der Waals surface area (Å²) in [5.74, 6) is -2.18. The quantitative estimate of drug-likeness (QED) is 0.778. The molecule has 1 amide bonds. The van der Waals surface area contributed by atoms with Crippen molar-refractivity contribution >= 4 is 11.9 Å². The number of aromatic carboxylic acids is 1. The van der Waals surface area contributed by atoms with Gasteiger partial charge < -0.3 is 15.2 Å². The Bertz CT molecular complexity index is 528. The second kappa shape index (κ2) is 6.57. The van der Waals surface area contributed by atoms with Gasteiger partial charge in [-0.3, -0.25) is 4.79 Å². The van der Waals surface area contributed by atoms with Crippen LogP contribution < -0.4 is 5.32 Å². The molecular weight excluding hydrogens is 290 g/mol. The molecule has 0 aromatic carbocycles. The normalized spacial score (nSPS) is 18.1. The number of aromatic nitrogens is 3. The van der Waals surface area contributed by atoms with Crippen LogP contribution in [0.5, 0.6) is 0 Å². The van der Waals surface area contributed by atoms with Crippen LogP contribution in [0.1, 0.15) is 35.4 Å². The number of rotatable bonds is 6. The largest absolute Gasteiger partial charge is 0.476 e. The molecule has 2 heterocycles. The monoisotopic (exact) mass is 304 g/mol. The molecule has 2 N–H and O–H groups in total. The fourth-order valence-electron chi connectivity index (χ4n) is 2.03. The molecule has 1 aromatic rings. The molecule has 0 bridgehead atoms. The van der Waals surface area contributed by atoms with Gasteiger partial charge in [-0.1, -0.05) is 5.21 Å². The first-order valence-electron chi connectivity index (χ1n) is 6.32. The van der Waals surface area contributed by atoms with Crippen molar-refractivity contribution in [2.75, 3.05) is 13.2 Å². The molecule has 2 rings (SSSR count). The third-order valence-corrected chi connectivity index (χ3v) is 3.03. The molecule has 0 radical (unpaired) electrons. The molecule has 1 saturated heterocycles. The lowest BCUT2D eigenvalue weighted by Gasteiger charge is -2.11. The highest BCUT2D eigenvalue weighted by molar-refractivity contribution is 5.86. The van der Waals surface area contributed by atoms with Crippen LogP contribution in [-0.2, 0) is 16.1 Å². The number of carboxylic acids is 1. The van der Waals surface area contributed by atoms with E-state index in [-0.39, 0.29) is 12.6 Å². The van der Waals surface area contributed by atoms with Gasteiger partial charge in [0.15, 0.2) is 5.69 Å². The van der Waals surface area contributed by atoms with Crippen LogP contribution >= 0.6 is 0 Å². The third kappa shape index (κ3) is 3.72. The molecule has 1 atom stereocenters. The number of alkyl halides is 2. The maximum atomic E-state index is 12.8. The Morgan fingerprint density at radius 1 is 1.52 bits per heavy atom. The highest BCUT2D eigenvalue weighted by Crippen LogP contribution is 2.21. The van der Waals surface area contributed by atoms with E-state index >= 15 is 0 Å². The van der Waals surface area contributed by atoms with Gasteiger partial charge in [0.1, 0.15) is 12.2 Å². The van der Waals surface area contributed by atoms with Gasteiger partial charge in [0.25, 0.3) is 6.43 Å². The topological polar surface area (TPSA) is 106 Å². The Morgan fingerprint density at radius 2 is 2.29 bits per heavy atom. The zero-order valence-corrected chi connectivity index (χ0v) is 11.0. The number of carboxylic acid groups (broad SMARTS) is 1. The summed E-state index contributed by atoms with van der Waals surface area (Å²) in [4.78, 5) is 22.4. The SMILES string of the molecule is O=C(Cn1nnc(C(=O)O)c1C(F)F)NCC1CCCO1. The minimum atomic E-state index is -3.09. The number of nitrogens with one attached hydrogen (secondary N) is 1. The van der Waals surface area contributed by atoms with E-state index in [1.807, 2.05) is 0 Å². The van der Waals surface area contributed by atoms with Crippen LogP contribution in [0.4, 0.5) is 8.78 Å². The standard InChI is InChI=1S/C11H14F2N4O4/c12-10(13)9-8(11(19)20)15-16-17(9)5-7(18)14-4-6-2-1-3-21-6/h6,10H,1-5H2,(H,14,18)(H,19,20). The highest BCUT2D eigenvalue weighted by atomic mass is 19.3. The van der Waals surface area contributed by atoms with E-state index in [0.29, 0.717) is 11.3 Å². The van der Waals surface area contributed by atoms with Crippen LogP contribution in [0, 0.1) is 0 Å². The molecule has 0 saturated carbocycles. The lowest BCUT2D eigenvalue weighted by Crippen LogP contribution is -2.34. The summed E-state index contributed by atoms with van der Waals surface area (Å²) < 4.78 is 31.6. The number of hydrogen-bond donors (Lipinski definition) is 2. The fraction of sp³-hybridized carbons (Fsp3) is 0.636. The van der Waals surface area contributed by atoms with Crippen LogP contribution in [-0.4, -0.2) is 51.2 Å². The molecular formula is C11H14F2N4O4. The molecule has 1 unspecified atom stereocenters. The molecule has 21 heavy (non-hydrogen) atoms. The van der Waals surface area contributed by atoms with Crippen LogP contribution in [0.2, 0.25) is 0 Å². The van der Waals surface area contributed by atoms with Gasteiger partial charge in [-0.15, -0.1) is 5.10 Å². The second-order valence-electron chi connectivity index (χ2n) is 4.53. The Hall–Kier alpha value is -2.10. The van der Waals surface area contributed by atoms with Gasteiger partial charge in [-0.2, -0.15) is 0 Å². The maximum absolute atomic E-state index is 12.8. The molecule has 1 aliphatic heterocycles. The Balaban J connectivity index is 1.98. The number of amides is 1. The lowest BCUT2D eigenvalue weighted by molar-refractivity contribution is -0.122.